The first kappa shape index (κ1) is 18.3. The number of hydrogen-bond donors (Lipinski definition) is 1. The Morgan fingerprint density at radius 1 is 1.15 bits per heavy atom. The van der Waals surface area contributed by atoms with Gasteiger partial charge >= 0.3 is 0 Å². The first-order valence-electron chi connectivity index (χ1n) is 8.06. The average Bonchev–Trinajstić information content (AvgIpc) is 3.25. The van der Waals surface area contributed by atoms with E-state index in [0.717, 1.165) is 21.8 Å². The van der Waals surface area contributed by atoms with E-state index in [0.29, 0.717) is 10.6 Å². The van der Waals surface area contributed by atoms with Crippen LogP contribution < -0.4 is 5.32 Å². The number of nitrogens with zero attached hydrogens (tertiary/aromatic N) is 2. The van der Waals surface area contributed by atoms with Crippen LogP contribution in [0.4, 0.5) is 5.69 Å². The van der Waals surface area contributed by atoms with E-state index in [1.54, 1.807) is 18.4 Å². The molecule has 7 heteroatoms. The van der Waals surface area contributed by atoms with Gasteiger partial charge in [-0.2, -0.15) is 11.3 Å². The van der Waals surface area contributed by atoms with Crippen molar-refractivity contribution in [1.29, 1.82) is 0 Å². The van der Waals surface area contributed by atoms with Gasteiger partial charge in [-0.3, -0.25) is 9.59 Å². The van der Waals surface area contributed by atoms with Gasteiger partial charge in [0.2, 0.25) is 5.91 Å². The molecule has 0 aliphatic heterocycles. The van der Waals surface area contributed by atoms with Gasteiger partial charge in [0.1, 0.15) is 9.88 Å². The molecule has 2 heterocycles. The van der Waals surface area contributed by atoms with Crippen molar-refractivity contribution in [2.24, 2.45) is 0 Å². The van der Waals surface area contributed by atoms with E-state index in [-0.39, 0.29) is 18.4 Å². The minimum atomic E-state index is -0.232. The quantitative estimate of drug-likeness (QED) is 0.716. The van der Waals surface area contributed by atoms with E-state index >= 15 is 0 Å². The fourth-order valence-corrected chi connectivity index (χ4v) is 4.17. The lowest BCUT2D eigenvalue weighted by molar-refractivity contribution is -0.116. The molecule has 26 heavy (non-hydrogen) atoms. The van der Waals surface area contributed by atoms with Crippen LogP contribution in [0.15, 0.2) is 41.1 Å². The molecule has 0 fully saturated rings. The number of hydrogen-bond acceptors (Lipinski definition) is 5. The number of benzene rings is 1. The second-order valence-electron chi connectivity index (χ2n) is 6.02. The van der Waals surface area contributed by atoms with Gasteiger partial charge in [0.05, 0.1) is 12.2 Å². The predicted octanol–water partition coefficient (Wildman–Crippen LogP) is 4.20. The smallest absolute Gasteiger partial charge is 0.266 e. The van der Waals surface area contributed by atoms with E-state index in [4.69, 9.17) is 0 Å². The lowest BCUT2D eigenvalue weighted by Gasteiger charge is -2.16. The summed E-state index contributed by atoms with van der Waals surface area (Å²) in [5, 5.41) is 7.62. The van der Waals surface area contributed by atoms with Gasteiger partial charge in [0, 0.05) is 23.7 Å². The molecule has 134 valence electrons. The van der Waals surface area contributed by atoms with Gasteiger partial charge in [-0.15, -0.1) is 11.3 Å². The van der Waals surface area contributed by atoms with Crippen molar-refractivity contribution >= 4 is 40.2 Å². The van der Waals surface area contributed by atoms with E-state index < -0.39 is 0 Å². The van der Waals surface area contributed by atoms with Crippen LogP contribution >= 0.6 is 22.7 Å². The van der Waals surface area contributed by atoms with Crippen molar-refractivity contribution in [3.05, 3.63) is 57.2 Å². The number of likely N-dealkylation sites (N-methyl/N-ethyl adjacent to an activating group) is 1. The fourth-order valence-electron chi connectivity index (χ4n) is 2.40. The van der Waals surface area contributed by atoms with Crippen LogP contribution in [0, 0.1) is 13.8 Å². The molecule has 0 unspecified atom stereocenters. The number of rotatable bonds is 5. The van der Waals surface area contributed by atoms with Crippen LogP contribution in [-0.2, 0) is 4.79 Å². The minimum absolute atomic E-state index is 0.0160. The molecule has 0 aliphatic carbocycles. The maximum absolute atomic E-state index is 12.7. The van der Waals surface area contributed by atoms with Gasteiger partial charge in [-0.1, -0.05) is 17.7 Å². The Bertz CT molecular complexity index is 915. The highest BCUT2D eigenvalue weighted by Crippen LogP contribution is 2.30. The summed E-state index contributed by atoms with van der Waals surface area (Å²) in [4.78, 5) is 31.4. The van der Waals surface area contributed by atoms with Gasteiger partial charge < -0.3 is 10.2 Å². The van der Waals surface area contributed by atoms with E-state index in [2.05, 4.69) is 10.3 Å². The van der Waals surface area contributed by atoms with Crippen LogP contribution in [0.3, 0.4) is 0 Å². The van der Waals surface area contributed by atoms with Crippen LogP contribution in [0.25, 0.3) is 10.6 Å². The van der Waals surface area contributed by atoms with Crippen molar-refractivity contribution in [2.75, 3.05) is 18.9 Å². The molecule has 0 aliphatic rings. The summed E-state index contributed by atoms with van der Waals surface area (Å²) in [6, 6.07) is 9.52. The summed E-state index contributed by atoms with van der Waals surface area (Å²) < 4.78 is 0. The van der Waals surface area contributed by atoms with Crippen molar-refractivity contribution < 1.29 is 9.59 Å². The second kappa shape index (κ2) is 7.80. The maximum Gasteiger partial charge on any atom is 0.266 e. The topological polar surface area (TPSA) is 62.3 Å². The number of thiazole rings is 1. The molecule has 5 nitrogen and oxygen atoms in total. The third-order valence-electron chi connectivity index (χ3n) is 3.82. The SMILES string of the molecule is Cc1ccc(NC(=O)CN(C)C(=O)c2sc(-c3ccsc3)nc2C)cc1. The normalized spacial score (nSPS) is 10.6. The maximum atomic E-state index is 12.7. The van der Waals surface area contributed by atoms with Gasteiger partial charge in [-0.25, -0.2) is 4.98 Å². The van der Waals surface area contributed by atoms with Crippen molar-refractivity contribution in [1.82, 2.24) is 9.88 Å². The minimum Gasteiger partial charge on any atom is -0.332 e. The molecule has 0 saturated carbocycles. The largest absolute Gasteiger partial charge is 0.332 e. The highest BCUT2D eigenvalue weighted by atomic mass is 32.1. The first-order valence-corrected chi connectivity index (χ1v) is 9.82. The monoisotopic (exact) mass is 385 g/mol. The summed E-state index contributed by atoms with van der Waals surface area (Å²) in [6.07, 6.45) is 0. The van der Waals surface area contributed by atoms with Crippen molar-refractivity contribution in [2.45, 2.75) is 13.8 Å². The van der Waals surface area contributed by atoms with Crippen molar-refractivity contribution in [3.8, 4) is 10.6 Å². The van der Waals surface area contributed by atoms with E-state index in [1.165, 1.54) is 16.2 Å². The van der Waals surface area contributed by atoms with Gasteiger partial charge in [0.15, 0.2) is 0 Å². The molecule has 1 N–H and O–H groups in total. The Hall–Kier alpha value is -2.51. The highest BCUT2D eigenvalue weighted by Gasteiger charge is 2.21. The van der Waals surface area contributed by atoms with Crippen LogP contribution in [0.1, 0.15) is 20.9 Å². The Balaban J connectivity index is 1.66. The van der Waals surface area contributed by atoms with Crippen molar-refractivity contribution in [3.63, 3.8) is 0 Å². The third-order valence-corrected chi connectivity index (χ3v) is 5.70. The van der Waals surface area contributed by atoms with Gasteiger partial charge in [0.25, 0.3) is 5.91 Å². The fraction of sp³-hybridized carbons (Fsp3) is 0.211. The summed E-state index contributed by atoms with van der Waals surface area (Å²) >= 11 is 2.95. The third kappa shape index (κ3) is 4.17. The van der Waals surface area contributed by atoms with Crippen LogP contribution in [0.2, 0.25) is 0 Å². The summed E-state index contributed by atoms with van der Waals surface area (Å²) in [7, 11) is 1.63. The average molecular weight is 386 g/mol. The number of carbonyl (C=O) groups excluding carboxylic acids is 2. The number of aryl methyl sites for hydroxylation is 2. The lowest BCUT2D eigenvalue weighted by atomic mass is 10.2. The lowest BCUT2D eigenvalue weighted by Crippen LogP contribution is -2.34. The molecule has 0 atom stereocenters. The Kier molecular flexibility index (Phi) is 5.49. The number of amides is 2. The zero-order chi connectivity index (χ0) is 18.7. The van der Waals surface area contributed by atoms with Crippen LogP contribution in [0.5, 0.6) is 0 Å². The number of thiophene rings is 1. The summed E-state index contributed by atoms with van der Waals surface area (Å²) in [5.41, 5.74) is 3.54. The predicted molar refractivity (Wildman–Crippen MR) is 107 cm³/mol. The zero-order valence-corrected chi connectivity index (χ0v) is 16.4. The molecule has 0 saturated heterocycles. The summed E-state index contributed by atoms with van der Waals surface area (Å²) in [6.45, 7) is 3.79. The Morgan fingerprint density at radius 3 is 2.54 bits per heavy atom. The Labute approximate surface area is 160 Å². The molecular formula is C19H19N3O2S2. The Morgan fingerprint density at radius 2 is 1.88 bits per heavy atom. The molecule has 2 aromatic heterocycles. The molecule has 2 amide bonds. The molecule has 0 bridgehead atoms. The van der Waals surface area contributed by atoms with E-state index in [9.17, 15) is 9.59 Å². The molecule has 0 radical (unpaired) electrons. The first-order chi connectivity index (χ1) is 12.4. The standard InChI is InChI=1S/C19H19N3O2S2/c1-12-4-6-15(7-5-12)21-16(23)10-22(3)19(24)17-13(2)20-18(26-17)14-8-9-25-11-14/h4-9,11H,10H2,1-3H3,(H,21,23). The number of anilines is 1. The molecule has 1 aromatic carbocycles. The van der Waals surface area contributed by atoms with E-state index in [1.807, 2.05) is 54.9 Å². The number of aromatic nitrogens is 1. The number of carbonyl (C=O) groups is 2. The second-order valence-corrected chi connectivity index (χ2v) is 7.80. The molecule has 3 rings (SSSR count). The molecular weight excluding hydrogens is 366 g/mol. The molecule has 0 spiro atoms. The summed E-state index contributed by atoms with van der Waals surface area (Å²) in [5.74, 6) is -0.425. The van der Waals surface area contributed by atoms with Gasteiger partial charge in [-0.05, 0) is 37.4 Å². The van der Waals surface area contributed by atoms with Crippen LogP contribution in [-0.4, -0.2) is 35.3 Å². The zero-order valence-electron chi connectivity index (χ0n) is 14.8. The highest BCUT2D eigenvalue weighted by molar-refractivity contribution is 7.17. The molecule has 3 aromatic rings. The number of nitrogens with one attached hydrogen (secondary N) is 1.